The summed E-state index contributed by atoms with van der Waals surface area (Å²) in [7, 11) is 2.10. The van der Waals surface area contributed by atoms with Gasteiger partial charge in [0.05, 0.1) is 0 Å². The normalized spacial score (nSPS) is 19.8. The van der Waals surface area contributed by atoms with E-state index in [9.17, 15) is 0 Å². The van der Waals surface area contributed by atoms with Gasteiger partial charge in [0, 0.05) is 12.6 Å². The standard InChI is InChI=1S/C5H12N2.3C2H6/c1-7-3-2-5(6)4-7;3*1-2/h5H,2-4,6H2,1H3;3*1-2H3. The van der Waals surface area contributed by atoms with Crippen LogP contribution in [0.15, 0.2) is 0 Å². The number of likely N-dealkylation sites (N-methyl/N-ethyl adjacent to an activating group) is 1. The lowest BCUT2D eigenvalue weighted by Crippen LogP contribution is -2.23. The zero-order valence-corrected chi connectivity index (χ0v) is 10.7. The Morgan fingerprint density at radius 1 is 1.00 bits per heavy atom. The third-order valence-electron chi connectivity index (χ3n) is 1.43. The molecule has 1 unspecified atom stereocenters. The molecule has 0 spiro atoms. The molecule has 2 N–H and O–H groups in total. The molecule has 0 saturated carbocycles. The zero-order valence-electron chi connectivity index (χ0n) is 10.7. The number of nitrogens with two attached hydrogens (primary N) is 1. The molecule has 1 aliphatic rings. The summed E-state index contributed by atoms with van der Waals surface area (Å²) in [6, 6.07) is 0.449. The summed E-state index contributed by atoms with van der Waals surface area (Å²) >= 11 is 0. The molecule has 2 nitrogen and oxygen atoms in total. The fourth-order valence-corrected chi connectivity index (χ4v) is 0.969. The van der Waals surface area contributed by atoms with E-state index in [0.29, 0.717) is 6.04 Å². The van der Waals surface area contributed by atoms with Crippen molar-refractivity contribution in [2.45, 2.75) is 54.0 Å². The number of nitrogens with zero attached hydrogens (tertiary/aromatic N) is 1. The van der Waals surface area contributed by atoms with Crippen LogP contribution in [-0.2, 0) is 0 Å². The number of hydrogen-bond acceptors (Lipinski definition) is 2. The Labute approximate surface area is 85.5 Å². The Morgan fingerprint density at radius 3 is 1.46 bits per heavy atom. The van der Waals surface area contributed by atoms with Gasteiger partial charge in [0.1, 0.15) is 0 Å². The lowest BCUT2D eigenvalue weighted by atomic mass is 10.3. The number of likely N-dealkylation sites (tertiary alicyclic amines) is 1. The molecule has 0 radical (unpaired) electrons. The van der Waals surface area contributed by atoms with Crippen molar-refractivity contribution in [2.24, 2.45) is 5.73 Å². The van der Waals surface area contributed by atoms with Gasteiger partial charge >= 0.3 is 0 Å². The first-order valence-electron chi connectivity index (χ1n) is 5.73. The molecule has 0 aromatic heterocycles. The Hall–Kier alpha value is -0.0800. The van der Waals surface area contributed by atoms with Crippen molar-refractivity contribution in [3.63, 3.8) is 0 Å². The van der Waals surface area contributed by atoms with Gasteiger partial charge in [-0.25, -0.2) is 0 Å². The average Bonchev–Trinajstić information content (AvgIpc) is 2.60. The molecule has 0 aliphatic carbocycles. The smallest absolute Gasteiger partial charge is 0.0179 e. The summed E-state index contributed by atoms with van der Waals surface area (Å²) in [6.07, 6.45) is 1.18. The third kappa shape index (κ3) is 14.7. The van der Waals surface area contributed by atoms with Crippen molar-refractivity contribution in [1.82, 2.24) is 4.90 Å². The van der Waals surface area contributed by atoms with Crippen LogP contribution in [0.2, 0.25) is 0 Å². The van der Waals surface area contributed by atoms with Crippen LogP contribution in [0.25, 0.3) is 0 Å². The second-order valence-electron chi connectivity index (χ2n) is 2.31. The predicted octanol–water partition coefficient (Wildman–Crippen LogP) is 2.73. The highest BCUT2D eigenvalue weighted by atomic mass is 15.1. The summed E-state index contributed by atoms with van der Waals surface area (Å²) in [4.78, 5) is 2.25. The van der Waals surface area contributed by atoms with Crippen molar-refractivity contribution < 1.29 is 0 Å². The van der Waals surface area contributed by atoms with E-state index in [1.807, 2.05) is 41.5 Å². The van der Waals surface area contributed by atoms with Gasteiger partial charge < -0.3 is 10.6 Å². The van der Waals surface area contributed by atoms with Gasteiger partial charge in [0.15, 0.2) is 0 Å². The Balaban J connectivity index is -0.000000144. The SMILES string of the molecule is CC.CC.CC.CN1CCC(N)C1. The van der Waals surface area contributed by atoms with Gasteiger partial charge in [0.2, 0.25) is 0 Å². The molecule has 1 rings (SSSR count). The Morgan fingerprint density at radius 2 is 1.38 bits per heavy atom. The molecule has 0 aromatic rings. The summed E-state index contributed by atoms with van der Waals surface area (Å²) in [5, 5.41) is 0. The van der Waals surface area contributed by atoms with E-state index in [1.54, 1.807) is 0 Å². The molecule has 1 saturated heterocycles. The highest BCUT2D eigenvalue weighted by Gasteiger charge is 2.13. The van der Waals surface area contributed by atoms with E-state index in [2.05, 4.69) is 11.9 Å². The molecule has 0 amide bonds. The van der Waals surface area contributed by atoms with Crippen LogP contribution in [0.4, 0.5) is 0 Å². The summed E-state index contributed by atoms with van der Waals surface area (Å²) in [6.45, 7) is 14.3. The zero-order chi connectivity index (χ0) is 11.3. The number of rotatable bonds is 0. The van der Waals surface area contributed by atoms with E-state index < -0.39 is 0 Å². The van der Waals surface area contributed by atoms with E-state index >= 15 is 0 Å². The highest BCUT2D eigenvalue weighted by molar-refractivity contribution is 4.74. The maximum absolute atomic E-state index is 5.58. The van der Waals surface area contributed by atoms with Crippen LogP contribution in [0, 0.1) is 0 Å². The first kappa shape index (κ1) is 18.7. The molecule has 1 fully saturated rings. The monoisotopic (exact) mass is 190 g/mol. The predicted molar refractivity (Wildman–Crippen MR) is 64.1 cm³/mol. The van der Waals surface area contributed by atoms with Crippen molar-refractivity contribution in [1.29, 1.82) is 0 Å². The van der Waals surface area contributed by atoms with Crippen LogP contribution < -0.4 is 5.73 Å². The minimum absolute atomic E-state index is 0.449. The van der Waals surface area contributed by atoms with E-state index in [0.717, 1.165) is 6.54 Å². The lowest BCUT2D eigenvalue weighted by Gasteiger charge is -2.03. The molecule has 1 atom stereocenters. The Kier molecular flexibility index (Phi) is 25.6. The fraction of sp³-hybridized carbons (Fsp3) is 1.00. The van der Waals surface area contributed by atoms with Gasteiger partial charge in [-0.2, -0.15) is 0 Å². The maximum Gasteiger partial charge on any atom is 0.0179 e. The minimum atomic E-state index is 0.449. The molecule has 0 aromatic carbocycles. The van der Waals surface area contributed by atoms with E-state index in [1.165, 1.54) is 13.0 Å². The first-order chi connectivity index (χ1) is 6.29. The second kappa shape index (κ2) is 17.9. The maximum atomic E-state index is 5.58. The summed E-state index contributed by atoms with van der Waals surface area (Å²) < 4.78 is 0. The topological polar surface area (TPSA) is 29.3 Å². The van der Waals surface area contributed by atoms with Crippen LogP contribution in [0.1, 0.15) is 48.0 Å². The van der Waals surface area contributed by atoms with Gasteiger partial charge in [-0.15, -0.1) is 0 Å². The first-order valence-corrected chi connectivity index (χ1v) is 5.73. The van der Waals surface area contributed by atoms with E-state index in [4.69, 9.17) is 5.73 Å². The van der Waals surface area contributed by atoms with E-state index in [-0.39, 0.29) is 0 Å². The molecule has 0 bridgehead atoms. The largest absolute Gasteiger partial charge is 0.326 e. The fourth-order valence-electron chi connectivity index (χ4n) is 0.969. The molecule has 1 aliphatic heterocycles. The summed E-state index contributed by atoms with van der Waals surface area (Å²) in [5.74, 6) is 0. The van der Waals surface area contributed by atoms with Crippen LogP contribution >= 0.6 is 0 Å². The lowest BCUT2D eigenvalue weighted by molar-refractivity contribution is 0.411. The van der Waals surface area contributed by atoms with Crippen molar-refractivity contribution >= 4 is 0 Å². The Bertz CT molecular complexity index is 57.1. The minimum Gasteiger partial charge on any atom is -0.326 e. The molecule has 13 heavy (non-hydrogen) atoms. The highest BCUT2D eigenvalue weighted by Crippen LogP contribution is 2.01. The molecule has 1 heterocycles. The average molecular weight is 190 g/mol. The molecular formula is C11H30N2. The van der Waals surface area contributed by atoms with Crippen molar-refractivity contribution in [3.8, 4) is 0 Å². The molecule has 84 valence electrons. The van der Waals surface area contributed by atoms with Gasteiger partial charge in [-0.1, -0.05) is 41.5 Å². The van der Waals surface area contributed by atoms with Crippen LogP contribution in [0.5, 0.6) is 0 Å². The molecule has 2 heteroatoms. The van der Waals surface area contributed by atoms with Crippen molar-refractivity contribution in [3.05, 3.63) is 0 Å². The summed E-state index contributed by atoms with van der Waals surface area (Å²) in [5.41, 5.74) is 5.58. The van der Waals surface area contributed by atoms with Crippen LogP contribution in [-0.4, -0.2) is 31.1 Å². The van der Waals surface area contributed by atoms with Gasteiger partial charge in [0.25, 0.3) is 0 Å². The quantitative estimate of drug-likeness (QED) is 0.636. The second-order valence-corrected chi connectivity index (χ2v) is 2.31. The van der Waals surface area contributed by atoms with Crippen molar-refractivity contribution in [2.75, 3.05) is 20.1 Å². The third-order valence-corrected chi connectivity index (χ3v) is 1.43. The van der Waals surface area contributed by atoms with Gasteiger partial charge in [-0.3, -0.25) is 0 Å². The van der Waals surface area contributed by atoms with Gasteiger partial charge in [-0.05, 0) is 20.0 Å². The van der Waals surface area contributed by atoms with Crippen LogP contribution in [0.3, 0.4) is 0 Å². The number of hydrogen-bond donors (Lipinski definition) is 1. The molecular weight excluding hydrogens is 160 g/mol.